The van der Waals surface area contributed by atoms with Crippen LogP contribution in [-0.2, 0) is 0 Å². The third-order valence-electron chi connectivity index (χ3n) is 2.30. The van der Waals surface area contributed by atoms with Crippen LogP contribution in [0.15, 0.2) is 34.1 Å². The van der Waals surface area contributed by atoms with Gasteiger partial charge in [0, 0.05) is 10.2 Å². The molecule has 0 aliphatic carbocycles. The smallest absolute Gasteiger partial charge is 0.269 e. The first-order valence-electron chi connectivity index (χ1n) is 5.09. The van der Waals surface area contributed by atoms with E-state index in [0.29, 0.717) is 22.0 Å². The summed E-state index contributed by atoms with van der Waals surface area (Å²) in [7, 11) is 1.54. The zero-order chi connectivity index (χ0) is 13.1. The summed E-state index contributed by atoms with van der Waals surface area (Å²) < 4.78 is 5.85. The van der Waals surface area contributed by atoms with Crippen LogP contribution < -0.4 is 15.8 Å². The largest absolute Gasteiger partial charge is 0.495 e. The van der Waals surface area contributed by atoms with Gasteiger partial charge in [0.15, 0.2) is 0 Å². The molecular weight excluding hydrogens is 316 g/mol. The molecule has 1 aromatic carbocycles. The third kappa shape index (κ3) is 2.65. The molecule has 0 saturated heterocycles. The number of nitrogen functional groups attached to an aromatic ring is 1. The van der Waals surface area contributed by atoms with Crippen molar-refractivity contribution in [3.8, 4) is 5.75 Å². The molecule has 0 aliphatic heterocycles. The van der Waals surface area contributed by atoms with Crippen LogP contribution >= 0.6 is 27.3 Å². The molecule has 0 aliphatic rings. The number of nitrogens with two attached hydrogens (primary N) is 1. The molecule has 0 fully saturated rings. The predicted molar refractivity (Wildman–Crippen MR) is 77.4 cm³/mol. The molecule has 18 heavy (non-hydrogen) atoms. The Morgan fingerprint density at radius 3 is 2.89 bits per heavy atom. The Morgan fingerprint density at radius 2 is 2.22 bits per heavy atom. The van der Waals surface area contributed by atoms with E-state index < -0.39 is 0 Å². The van der Waals surface area contributed by atoms with Crippen LogP contribution in [0.5, 0.6) is 5.75 Å². The van der Waals surface area contributed by atoms with Crippen molar-refractivity contribution in [1.82, 2.24) is 0 Å². The van der Waals surface area contributed by atoms with Gasteiger partial charge in [-0.3, -0.25) is 4.79 Å². The number of hydrogen-bond acceptors (Lipinski definition) is 4. The van der Waals surface area contributed by atoms with Gasteiger partial charge in [0.1, 0.15) is 10.6 Å². The number of benzene rings is 1. The van der Waals surface area contributed by atoms with E-state index >= 15 is 0 Å². The monoisotopic (exact) mass is 326 g/mol. The number of rotatable bonds is 3. The van der Waals surface area contributed by atoms with Gasteiger partial charge in [-0.1, -0.05) is 0 Å². The maximum atomic E-state index is 12.1. The lowest BCUT2D eigenvalue weighted by atomic mass is 10.3. The number of carbonyl (C=O) groups excluding carboxylic acids is 1. The topological polar surface area (TPSA) is 64.3 Å². The van der Waals surface area contributed by atoms with Crippen molar-refractivity contribution in [2.45, 2.75) is 0 Å². The minimum atomic E-state index is -0.202. The Balaban J connectivity index is 2.21. The molecule has 1 aromatic heterocycles. The highest BCUT2D eigenvalue weighted by atomic mass is 79.9. The summed E-state index contributed by atoms with van der Waals surface area (Å²) in [6.45, 7) is 0. The summed E-state index contributed by atoms with van der Waals surface area (Å²) in [4.78, 5) is 12.6. The maximum absolute atomic E-state index is 12.1. The van der Waals surface area contributed by atoms with E-state index in [2.05, 4.69) is 21.2 Å². The number of anilines is 2. The van der Waals surface area contributed by atoms with Gasteiger partial charge in [-0.05, 0) is 45.6 Å². The number of thiophene rings is 1. The summed E-state index contributed by atoms with van der Waals surface area (Å²) in [5.74, 6) is 0.372. The minimum absolute atomic E-state index is 0.202. The number of carbonyl (C=O) groups is 1. The normalized spacial score (nSPS) is 10.1. The molecule has 6 heteroatoms. The number of amides is 1. The summed E-state index contributed by atoms with van der Waals surface area (Å²) in [5, 5.41) is 4.61. The van der Waals surface area contributed by atoms with E-state index in [1.54, 1.807) is 24.3 Å². The van der Waals surface area contributed by atoms with E-state index in [0.717, 1.165) is 4.47 Å². The Kier molecular flexibility index (Phi) is 3.88. The first-order chi connectivity index (χ1) is 8.61. The lowest BCUT2D eigenvalue weighted by Crippen LogP contribution is -2.11. The molecule has 0 unspecified atom stereocenters. The first kappa shape index (κ1) is 12.9. The van der Waals surface area contributed by atoms with Crippen LogP contribution in [0.3, 0.4) is 0 Å². The van der Waals surface area contributed by atoms with Gasteiger partial charge in [0.2, 0.25) is 0 Å². The highest BCUT2D eigenvalue weighted by molar-refractivity contribution is 9.10. The molecular formula is C12H11BrN2O2S. The SMILES string of the molecule is COc1ccsc1C(=O)Nc1ccc(N)cc1Br. The van der Waals surface area contributed by atoms with Crippen molar-refractivity contribution in [2.75, 3.05) is 18.2 Å². The fourth-order valence-electron chi connectivity index (χ4n) is 1.44. The van der Waals surface area contributed by atoms with Crippen LogP contribution in [0.4, 0.5) is 11.4 Å². The molecule has 4 nitrogen and oxygen atoms in total. The number of ether oxygens (including phenoxy) is 1. The van der Waals surface area contributed by atoms with E-state index in [9.17, 15) is 4.79 Å². The number of halogens is 1. The van der Waals surface area contributed by atoms with E-state index in [-0.39, 0.29) is 5.91 Å². The average molecular weight is 327 g/mol. The first-order valence-corrected chi connectivity index (χ1v) is 6.77. The van der Waals surface area contributed by atoms with E-state index in [1.165, 1.54) is 18.4 Å². The van der Waals surface area contributed by atoms with Crippen molar-refractivity contribution in [3.63, 3.8) is 0 Å². The minimum Gasteiger partial charge on any atom is -0.495 e. The Morgan fingerprint density at radius 1 is 1.44 bits per heavy atom. The highest BCUT2D eigenvalue weighted by Gasteiger charge is 2.14. The quantitative estimate of drug-likeness (QED) is 0.850. The van der Waals surface area contributed by atoms with Gasteiger partial charge in [0.05, 0.1) is 12.8 Å². The molecule has 94 valence electrons. The predicted octanol–water partition coefficient (Wildman–Crippen LogP) is 3.35. The van der Waals surface area contributed by atoms with Crippen LogP contribution in [0, 0.1) is 0 Å². The molecule has 0 radical (unpaired) electrons. The van der Waals surface area contributed by atoms with Crippen molar-refractivity contribution in [3.05, 3.63) is 39.0 Å². The van der Waals surface area contributed by atoms with E-state index in [1.807, 2.05) is 5.38 Å². The molecule has 0 saturated carbocycles. The second kappa shape index (κ2) is 5.41. The second-order valence-corrected chi connectivity index (χ2v) is 5.28. The van der Waals surface area contributed by atoms with E-state index in [4.69, 9.17) is 10.5 Å². The zero-order valence-electron chi connectivity index (χ0n) is 9.57. The van der Waals surface area contributed by atoms with Crippen LogP contribution in [0.25, 0.3) is 0 Å². The van der Waals surface area contributed by atoms with Gasteiger partial charge in [-0.25, -0.2) is 0 Å². The zero-order valence-corrected chi connectivity index (χ0v) is 12.0. The van der Waals surface area contributed by atoms with Gasteiger partial charge >= 0.3 is 0 Å². The van der Waals surface area contributed by atoms with Crippen molar-refractivity contribution < 1.29 is 9.53 Å². The average Bonchev–Trinajstić information content (AvgIpc) is 2.81. The molecule has 1 amide bonds. The van der Waals surface area contributed by atoms with Gasteiger partial charge < -0.3 is 15.8 Å². The molecule has 3 N–H and O–H groups in total. The van der Waals surface area contributed by atoms with Gasteiger partial charge in [0.25, 0.3) is 5.91 Å². The molecule has 2 rings (SSSR count). The summed E-state index contributed by atoms with van der Waals surface area (Å²) >= 11 is 4.69. The van der Waals surface area contributed by atoms with Crippen LogP contribution in [0.2, 0.25) is 0 Å². The number of methoxy groups -OCH3 is 1. The highest BCUT2D eigenvalue weighted by Crippen LogP contribution is 2.28. The molecule has 0 bridgehead atoms. The Bertz CT molecular complexity index is 583. The molecule has 0 spiro atoms. The standard InChI is InChI=1S/C12H11BrN2O2S/c1-17-10-4-5-18-11(10)12(16)15-9-3-2-7(14)6-8(9)13/h2-6H,14H2,1H3,(H,15,16). The summed E-state index contributed by atoms with van der Waals surface area (Å²) in [6.07, 6.45) is 0. The lowest BCUT2D eigenvalue weighted by Gasteiger charge is -2.08. The number of hydrogen-bond donors (Lipinski definition) is 2. The van der Waals surface area contributed by atoms with Crippen molar-refractivity contribution >= 4 is 44.5 Å². The van der Waals surface area contributed by atoms with Gasteiger partial charge in [-0.2, -0.15) is 0 Å². The lowest BCUT2D eigenvalue weighted by molar-refractivity contribution is 0.102. The van der Waals surface area contributed by atoms with Crippen molar-refractivity contribution in [2.24, 2.45) is 0 Å². The molecule has 0 atom stereocenters. The number of nitrogens with one attached hydrogen (secondary N) is 1. The fourth-order valence-corrected chi connectivity index (χ4v) is 2.68. The van der Waals surface area contributed by atoms with Crippen LogP contribution in [-0.4, -0.2) is 13.0 Å². The maximum Gasteiger partial charge on any atom is 0.269 e. The fraction of sp³-hybridized carbons (Fsp3) is 0.0833. The Labute approximate surface area is 117 Å². The second-order valence-electron chi connectivity index (χ2n) is 3.51. The summed E-state index contributed by atoms with van der Waals surface area (Å²) in [6, 6.07) is 6.97. The molecule has 2 aromatic rings. The van der Waals surface area contributed by atoms with Gasteiger partial charge in [-0.15, -0.1) is 11.3 Å². The Hall–Kier alpha value is -1.53. The van der Waals surface area contributed by atoms with Crippen molar-refractivity contribution in [1.29, 1.82) is 0 Å². The van der Waals surface area contributed by atoms with Crippen LogP contribution in [0.1, 0.15) is 9.67 Å². The summed E-state index contributed by atoms with van der Waals surface area (Å²) in [5.41, 5.74) is 6.94. The third-order valence-corrected chi connectivity index (χ3v) is 3.85. The molecule has 1 heterocycles.